The van der Waals surface area contributed by atoms with E-state index in [9.17, 15) is 4.79 Å². The van der Waals surface area contributed by atoms with E-state index in [1.54, 1.807) is 23.3 Å². The summed E-state index contributed by atoms with van der Waals surface area (Å²) in [7, 11) is 1.80. The Balaban J connectivity index is 2.03. The Morgan fingerprint density at radius 3 is 2.95 bits per heavy atom. The van der Waals surface area contributed by atoms with E-state index in [1.807, 2.05) is 36.6 Å². The highest BCUT2D eigenvalue weighted by Gasteiger charge is 2.08. The first-order valence-electron chi connectivity index (χ1n) is 6.70. The molecule has 1 aromatic carbocycles. The summed E-state index contributed by atoms with van der Waals surface area (Å²) < 4.78 is 0. The Morgan fingerprint density at radius 1 is 1.48 bits per heavy atom. The number of aromatic nitrogens is 1. The molecule has 0 aliphatic heterocycles. The van der Waals surface area contributed by atoms with E-state index >= 15 is 0 Å². The fraction of sp³-hybridized carbons (Fsp3) is 0.333. The van der Waals surface area contributed by atoms with Gasteiger partial charge in [0.1, 0.15) is 0 Å². The summed E-state index contributed by atoms with van der Waals surface area (Å²) in [5.41, 5.74) is 2.66. The van der Waals surface area contributed by atoms with E-state index in [0.717, 1.165) is 22.0 Å². The highest BCUT2D eigenvalue weighted by molar-refractivity contribution is 7.09. The molecule has 1 aromatic heterocycles. The third kappa shape index (κ3) is 4.63. The minimum Gasteiger partial charge on any atom is -0.395 e. The lowest BCUT2D eigenvalue weighted by Gasteiger charge is -2.14. The zero-order valence-electron chi connectivity index (χ0n) is 12.2. The molecule has 0 radical (unpaired) electrons. The van der Waals surface area contributed by atoms with Gasteiger partial charge in [-0.1, -0.05) is 12.1 Å². The molecule has 2 aromatic rings. The monoisotopic (exact) mass is 305 g/mol. The lowest BCUT2D eigenvalue weighted by Crippen LogP contribution is -2.32. The second-order valence-electron chi connectivity index (χ2n) is 4.84. The van der Waals surface area contributed by atoms with Crippen LogP contribution >= 0.6 is 11.3 Å². The van der Waals surface area contributed by atoms with Crippen LogP contribution in [0.25, 0.3) is 11.3 Å². The second-order valence-corrected chi connectivity index (χ2v) is 5.90. The number of likely N-dealkylation sites (N-methyl/N-ethyl adjacent to an activating group) is 1. The van der Waals surface area contributed by atoms with E-state index in [-0.39, 0.29) is 19.1 Å². The van der Waals surface area contributed by atoms with Crippen LogP contribution in [0.4, 0.5) is 5.69 Å². The molecule has 112 valence electrons. The molecule has 0 saturated heterocycles. The molecule has 6 heteroatoms. The number of aliphatic hydroxyl groups is 1. The van der Waals surface area contributed by atoms with Crippen molar-refractivity contribution in [3.8, 4) is 11.3 Å². The molecule has 21 heavy (non-hydrogen) atoms. The van der Waals surface area contributed by atoms with Crippen molar-refractivity contribution in [2.75, 3.05) is 32.1 Å². The summed E-state index contributed by atoms with van der Waals surface area (Å²) in [5, 5.41) is 14.7. The topological polar surface area (TPSA) is 65.5 Å². The number of nitrogens with one attached hydrogen (secondary N) is 1. The van der Waals surface area contributed by atoms with Gasteiger partial charge in [-0.25, -0.2) is 4.98 Å². The number of hydrogen-bond donors (Lipinski definition) is 2. The van der Waals surface area contributed by atoms with Crippen LogP contribution in [0.15, 0.2) is 29.6 Å². The third-order valence-electron chi connectivity index (χ3n) is 2.96. The van der Waals surface area contributed by atoms with Gasteiger partial charge in [0.15, 0.2) is 0 Å². The van der Waals surface area contributed by atoms with Crippen molar-refractivity contribution in [2.24, 2.45) is 0 Å². The Hall–Kier alpha value is -1.76. The molecule has 0 aliphatic carbocycles. The minimum atomic E-state index is -0.0995. The van der Waals surface area contributed by atoms with Crippen molar-refractivity contribution in [3.63, 3.8) is 0 Å². The van der Waals surface area contributed by atoms with Crippen LogP contribution in [0.3, 0.4) is 0 Å². The first kappa shape index (κ1) is 15.6. The number of amides is 1. The van der Waals surface area contributed by atoms with E-state index in [1.165, 1.54) is 0 Å². The summed E-state index contributed by atoms with van der Waals surface area (Å²) in [6, 6.07) is 7.64. The van der Waals surface area contributed by atoms with Crippen molar-refractivity contribution < 1.29 is 9.90 Å². The molecule has 0 fully saturated rings. The summed E-state index contributed by atoms with van der Waals surface area (Å²) >= 11 is 1.60. The summed E-state index contributed by atoms with van der Waals surface area (Å²) in [6.45, 7) is 2.74. The summed E-state index contributed by atoms with van der Waals surface area (Å²) in [4.78, 5) is 18.1. The molecular weight excluding hydrogens is 286 g/mol. The van der Waals surface area contributed by atoms with Gasteiger partial charge in [0.05, 0.1) is 23.9 Å². The van der Waals surface area contributed by atoms with Crippen LogP contribution in [0, 0.1) is 6.92 Å². The predicted octanol–water partition coefficient (Wildman–Crippen LogP) is 1.98. The quantitative estimate of drug-likeness (QED) is 0.856. The number of nitrogens with zero attached hydrogens (tertiary/aromatic N) is 2. The number of carbonyl (C=O) groups excluding carboxylic acids is 1. The third-order valence-corrected chi connectivity index (χ3v) is 3.73. The molecular formula is C15H19N3O2S. The predicted molar refractivity (Wildman–Crippen MR) is 85.5 cm³/mol. The Morgan fingerprint density at radius 2 is 2.29 bits per heavy atom. The van der Waals surface area contributed by atoms with Gasteiger partial charge < -0.3 is 10.4 Å². The fourth-order valence-corrected chi connectivity index (χ4v) is 2.57. The molecule has 1 heterocycles. The molecule has 0 atom stereocenters. The van der Waals surface area contributed by atoms with Gasteiger partial charge in [-0.3, -0.25) is 9.69 Å². The minimum absolute atomic E-state index is 0.0441. The zero-order chi connectivity index (χ0) is 15.2. The summed E-state index contributed by atoms with van der Waals surface area (Å²) in [6.07, 6.45) is 0. The van der Waals surface area contributed by atoms with Gasteiger partial charge in [-0.2, -0.15) is 0 Å². The van der Waals surface area contributed by atoms with Crippen LogP contribution in [0.1, 0.15) is 5.01 Å². The van der Waals surface area contributed by atoms with Crippen molar-refractivity contribution in [2.45, 2.75) is 6.92 Å². The van der Waals surface area contributed by atoms with E-state index in [4.69, 9.17) is 5.11 Å². The largest absolute Gasteiger partial charge is 0.395 e. The number of carbonyl (C=O) groups is 1. The number of aryl methyl sites for hydroxylation is 1. The van der Waals surface area contributed by atoms with Gasteiger partial charge in [-0.15, -0.1) is 11.3 Å². The highest BCUT2D eigenvalue weighted by atomic mass is 32.1. The molecule has 0 unspecified atom stereocenters. The highest BCUT2D eigenvalue weighted by Crippen LogP contribution is 2.24. The van der Waals surface area contributed by atoms with E-state index in [0.29, 0.717) is 6.54 Å². The maximum atomic E-state index is 11.9. The standard InChI is InChI=1S/C15H19N3O2S/c1-11-16-14(10-21-11)12-4-3-5-13(8-12)17-15(20)9-18(2)6-7-19/h3-5,8,10,19H,6-7,9H2,1-2H3,(H,17,20). The van der Waals surface area contributed by atoms with Crippen LogP contribution in [0.2, 0.25) is 0 Å². The molecule has 2 rings (SSSR count). The van der Waals surface area contributed by atoms with Crippen LogP contribution in [0.5, 0.6) is 0 Å². The number of benzene rings is 1. The van der Waals surface area contributed by atoms with Crippen LogP contribution in [-0.4, -0.2) is 47.6 Å². The SMILES string of the molecule is Cc1nc(-c2cccc(NC(=O)CN(C)CCO)c2)cs1. The number of hydrogen-bond acceptors (Lipinski definition) is 5. The zero-order valence-corrected chi connectivity index (χ0v) is 13.0. The first-order valence-corrected chi connectivity index (χ1v) is 7.58. The normalized spacial score (nSPS) is 10.9. The van der Waals surface area contributed by atoms with Crippen molar-refractivity contribution in [1.29, 1.82) is 0 Å². The average molecular weight is 305 g/mol. The van der Waals surface area contributed by atoms with Gasteiger partial charge in [0.2, 0.25) is 5.91 Å². The van der Waals surface area contributed by atoms with E-state index in [2.05, 4.69) is 10.3 Å². The molecule has 1 amide bonds. The number of aliphatic hydroxyl groups excluding tert-OH is 1. The van der Waals surface area contributed by atoms with Gasteiger partial charge in [0.25, 0.3) is 0 Å². The first-order chi connectivity index (χ1) is 10.1. The molecule has 0 saturated carbocycles. The average Bonchev–Trinajstić information content (AvgIpc) is 2.86. The van der Waals surface area contributed by atoms with Crippen molar-refractivity contribution >= 4 is 22.9 Å². The van der Waals surface area contributed by atoms with E-state index < -0.39 is 0 Å². The number of thiazole rings is 1. The van der Waals surface area contributed by atoms with Crippen molar-refractivity contribution in [1.82, 2.24) is 9.88 Å². The number of anilines is 1. The van der Waals surface area contributed by atoms with Crippen LogP contribution in [-0.2, 0) is 4.79 Å². The molecule has 2 N–H and O–H groups in total. The molecule has 0 bridgehead atoms. The molecule has 0 spiro atoms. The van der Waals surface area contributed by atoms with Gasteiger partial charge in [0, 0.05) is 23.2 Å². The Bertz CT molecular complexity index is 612. The van der Waals surface area contributed by atoms with Crippen molar-refractivity contribution in [3.05, 3.63) is 34.7 Å². The van der Waals surface area contributed by atoms with Gasteiger partial charge in [-0.05, 0) is 26.1 Å². The summed E-state index contributed by atoms with van der Waals surface area (Å²) in [5.74, 6) is -0.0995. The van der Waals surface area contributed by atoms with Gasteiger partial charge >= 0.3 is 0 Å². The van der Waals surface area contributed by atoms with Crippen LogP contribution < -0.4 is 5.32 Å². The lowest BCUT2D eigenvalue weighted by molar-refractivity contribution is -0.117. The number of rotatable bonds is 6. The molecule has 0 aliphatic rings. The second kappa shape index (κ2) is 7.31. The smallest absolute Gasteiger partial charge is 0.238 e. The Labute approximate surface area is 128 Å². The maximum Gasteiger partial charge on any atom is 0.238 e. The fourth-order valence-electron chi connectivity index (χ4n) is 1.95. The maximum absolute atomic E-state index is 11.9. The Kier molecular flexibility index (Phi) is 5.44. The molecule has 5 nitrogen and oxygen atoms in total. The lowest BCUT2D eigenvalue weighted by atomic mass is 10.1.